The molecular formula is C20H25FN4O2. The Morgan fingerprint density at radius 2 is 2.30 bits per heavy atom. The number of carbonyl (C=O) groups excluding carboxylic acids is 1. The Labute approximate surface area is 158 Å². The number of halogens is 1. The van der Waals surface area contributed by atoms with E-state index in [1.54, 1.807) is 25.2 Å². The normalized spacial score (nSPS) is 17.0. The molecule has 1 atom stereocenters. The highest BCUT2D eigenvalue weighted by molar-refractivity contribution is 5.95. The van der Waals surface area contributed by atoms with Gasteiger partial charge in [0, 0.05) is 37.9 Å². The van der Waals surface area contributed by atoms with E-state index < -0.39 is 5.82 Å². The van der Waals surface area contributed by atoms with E-state index in [0.717, 1.165) is 38.6 Å². The first-order valence-corrected chi connectivity index (χ1v) is 9.34. The Balaban J connectivity index is 1.77. The Morgan fingerprint density at radius 3 is 3.07 bits per heavy atom. The predicted molar refractivity (Wildman–Crippen MR) is 102 cm³/mol. The van der Waals surface area contributed by atoms with Crippen LogP contribution in [0.4, 0.5) is 10.2 Å². The lowest BCUT2D eigenvalue weighted by molar-refractivity contribution is 0.00211. The third-order valence-corrected chi connectivity index (χ3v) is 4.57. The number of likely N-dealkylation sites (tertiary alicyclic amines) is 1. The first kappa shape index (κ1) is 19.2. The van der Waals surface area contributed by atoms with Crippen LogP contribution in [0.3, 0.4) is 0 Å². The quantitative estimate of drug-likeness (QED) is 0.842. The summed E-state index contributed by atoms with van der Waals surface area (Å²) in [6.45, 7) is 4.14. The molecule has 2 aromatic rings. The highest BCUT2D eigenvalue weighted by Gasteiger charge is 2.25. The SMILES string of the molecule is CCCO[C@H]1CCCN(C(=O)c2cccc(-c3ncc(F)c(NC)n3)c2)C1. The largest absolute Gasteiger partial charge is 0.376 e. The van der Waals surface area contributed by atoms with Crippen molar-refractivity contribution in [2.45, 2.75) is 32.3 Å². The van der Waals surface area contributed by atoms with E-state index in [9.17, 15) is 9.18 Å². The van der Waals surface area contributed by atoms with E-state index in [-0.39, 0.29) is 17.8 Å². The van der Waals surface area contributed by atoms with Gasteiger partial charge in [0.2, 0.25) is 0 Å². The maximum Gasteiger partial charge on any atom is 0.253 e. The minimum atomic E-state index is -0.514. The van der Waals surface area contributed by atoms with Crippen molar-refractivity contribution >= 4 is 11.7 Å². The molecule has 7 heteroatoms. The molecule has 0 saturated carbocycles. The van der Waals surface area contributed by atoms with Crippen molar-refractivity contribution in [2.75, 3.05) is 32.1 Å². The molecule has 0 radical (unpaired) electrons. The van der Waals surface area contributed by atoms with Crippen LogP contribution in [0.5, 0.6) is 0 Å². The fourth-order valence-corrected chi connectivity index (χ4v) is 3.20. The molecule has 2 heterocycles. The number of aromatic nitrogens is 2. The molecule has 0 spiro atoms. The molecule has 6 nitrogen and oxygen atoms in total. The number of piperidine rings is 1. The van der Waals surface area contributed by atoms with Crippen LogP contribution in [-0.4, -0.2) is 53.6 Å². The molecule has 1 N–H and O–H groups in total. The van der Waals surface area contributed by atoms with Crippen LogP contribution in [0.1, 0.15) is 36.5 Å². The number of hydrogen-bond donors (Lipinski definition) is 1. The van der Waals surface area contributed by atoms with Crippen molar-refractivity contribution in [2.24, 2.45) is 0 Å². The average Bonchev–Trinajstić information content (AvgIpc) is 2.72. The van der Waals surface area contributed by atoms with Gasteiger partial charge in [0.05, 0.1) is 12.3 Å². The van der Waals surface area contributed by atoms with Gasteiger partial charge in [-0.1, -0.05) is 19.1 Å². The van der Waals surface area contributed by atoms with Crippen LogP contribution < -0.4 is 5.32 Å². The standard InChI is InChI=1S/C20H25FN4O2/c1-3-10-27-16-8-5-9-25(13-16)20(26)15-7-4-6-14(11-15)18-23-12-17(21)19(22-2)24-18/h4,6-7,11-12,16H,3,5,8-10,13H2,1-2H3,(H,22,23,24)/t16-/m0/s1. The number of rotatable bonds is 6. The molecule has 1 aromatic heterocycles. The summed E-state index contributed by atoms with van der Waals surface area (Å²) in [6.07, 6.45) is 4.12. The summed E-state index contributed by atoms with van der Waals surface area (Å²) in [7, 11) is 1.60. The summed E-state index contributed by atoms with van der Waals surface area (Å²) >= 11 is 0. The number of carbonyl (C=O) groups is 1. The summed E-state index contributed by atoms with van der Waals surface area (Å²) < 4.78 is 19.4. The van der Waals surface area contributed by atoms with Crippen LogP contribution >= 0.6 is 0 Å². The van der Waals surface area contributed by atoms with Crippen molar-refractivity contribution in [1.29, 1.82) is 0 Å². The summed E-state index contributed by atoms with van der Waals surface area (Å²) in [5, 5.41) is 2.70. The van der Waals surface area contributed by atoms with Gasteiger partial charge in [0.25, 0.3) is 5.91 Å². The Kier molecular flexibility index (Phi) is 6.34. The minimum Gasteiger partial charge on any atom is -0.376 e. The molecule has 0 aliphatic carbocycles. The molecule has 0 bridgehead atoms. The molecule has 1 aliphatic rings. The van der Waals surface area contributed by atoms with Gasteiger partial charge in [0.1, 0.15) is 0 Å². The second-order valence-corrected chi connectivity index (χ2v) is 6.61. The Morgan fingerprint density at radius 1 is 1.44 bits per heavy atom. The van der Waals surface area contributed by atoms with E-state index in [0.29, 0.717) is 23.5 Å². The number of nitrogens with zero attached hydrogens (tertiary/aromatic N) is 3. The lowest BCUT2D eigenvalue weighted by atomic mass is 10.0. The predicted octanol–water partition coefficient (Wildman–Crippen LogP) is 3.36. The average molecular weight is 372 g/mol. The second kappa shape index (κ2) is 8.90. The number of amides is 1. The Hall–Kier alpha value is -2.54. The third kappa shape index (κ3) is 4.60. The summed E-state index contributed by atoms with van der Waals surface area (Å²) in [6, 6.07) is 7.15. The zero-order valence-corrected chi connectivity index (χ0v) is 15.7. The summed E-state index contributed by atoms with van der Waals surface area (Å²) in [4.78, 5) is 23.0. The van der Waals surface area contributed by atoms with Crippen molar-refractivity contribution in [3.63, 3.8) is 0 Å². The maximum atomic E-state index is 13.6. The molecule has 1 aliphatic heterocycles. The van der Waals surface area contributed by atoms with Gasteiger partial charge < -0.3 is 15.0 Å². The molecular weight excluding hydrogens is 347 g/mol. The zero-order chi connectivity index (χ0) is 19.2. The van der Waals surface area contributed by atoms with Crippen molar-refractivity contribution in [3.05, 3.63) is 41.8 Å². The smallest absolute Gasteiger partial charge is 0.253 e. The summed E-state index contributed by atoms with van der Waals surface area (Å²) in [5.41, 5.74) is 1.25. The first-order chi connectivity index (χ1) is 13.1. The number of ether oxygens (including phenoxy) is 1. The maximum absolute atomic E-state index is 13.6. The zero-order valence-electron chi connectivity index (χ0n) is 15.7. The number of benzene rings is 1. The van der Waals surface area contributed by atoms with Gasteiger partial charge in [-0.15, -0.1) is 0 Å². The highest BCUT2D eigenvalue weighted by atomic mass is 19.1. The van der Waals surface area contributed by atoms with E-state index in [1.807, 2.05) is 11.0 Å². The van der Waals surface area contributed by atoms with Crippen molar-refractivity contribution < 1.29 is 13.9 Å². The van der Waals surface area contributed by atoms with Gasteiger partial charge in [-0.2, -0.15) is 0 Å². The van der Waals surface area contributed by atoms with E-state index >= 15 is 0 Å². The fourth-order valence-electron chi connectivity index (χ4n) is 3.20. The topological polar surface area (TPSA) is 67.3 Å². The van der Waals surface area contributed by atoms with E-state index in [4.69, 9.17) is 4.74 Å². The fraction of sp³-hybridized carbons (Fsp3) is 0.450. The van der Waals surface area contributed by atoms with E-state index in [2.05, 4.69) is 22.2 Å². The van der Waals surface area contributed by atoms with Crippen LogP contribution in [-0.2, 0) is 4.74 Å². The van der Waals surface area contributed by atoms with Crippen LogP contribution in [0.2, 0.25) is 0 Å². The monoisotopic (exact) mass is 372 g/mol. The number of hydrogen-bond acceptors (Lipinski definition) is 5. The lowest BCUT2D eigenvalue weighted by Crippen LogP contribution is -2.43. The van der Waals surface area contributed by atoms with E-state index in [1.165, 1.54) is 0 Å². The molecule has 1 saturated heterocycles. The highest BCUT2D eigenvalue weighted by Crippen LogP contribution is 2.22. The van der Waals surface area contributed by atoms with Crippen LogP contribution in [0, 0.1) is 5.82 Å². The van der Waals surface area contributed by atoms with Crippen LogP contribution in [0.15, 0.2) is 30.5 Å². The van der Waals surface area contributed by atoms with Gasteiger partial charge in [-0.05, 0) is 31.4 Å². The van der Waals surface area contributed by atoms with Gasteiger partial charge >= 0.3 is 0 Å². The second-order valence-electron chi connectivity index (χ2n) is 6.61. The summed E-state index contributed by atoms with van der Waals surface area (Å²) in [5.74, 6) is -0.0422. The molecule has 0 unspecified atom stereocenters. The number of anilines is 1. The molecule has 1 amide bonds. The molecule has 1 fully saturated rings. The van der Waals surface area contributed by atoms with Gasteiger partial charge in [0.15, 0.2) is 17.5 Å². The van der Waals surface area contributed by atoms with Crippen molar-refractivity contribution in [3.8, 4) is 11.4 Å². The van der Waals surface area contributed by atoms with Crippen LogP contribution in [0.25, 0.3) is 11.4 Å². The van der Waals surface area contributed by atoms with Gasteiger partial charge in [-0.25, -0.2) is 14.4 Å². The lowest BCUT2D eigenvalue weighted by Gasteiger charge is -2.32. The van der Waals surface area contributed by atoms with Gasteiger partial charge in [-0.3, -0.25) is 4.79 Å². The van der Waals surface area contributed by atoms with Crippen molar-refractivity contribution in [1.82, 2.24) is 14.9 Å². The molecule has 27 heavy (non-hydrogen) atoms. The minimum absolute atomic E-state index is 0.0300. The molecule has 144 valence electrons. The third-order valence-electron chi connectivity index (χ3n) is 4.57. The first-order valence-electron chi connectivity index (χ1n) is 9.34. The Bertz CT molecular complexity index is 799. The molecule has 3 rings (SSSR count). The molecule has 1 aromatic carbocycles. The number of nitrogens with one attached hydrogen (secondary N) is 1.